The maximum absolute atomic E-state index is 12.1. The highest BCUT2D eigenvalue weighted by molar-refractivity contribution is 6.31. The van der Waals surface area contributed by atoms with Gasteiger partial charge in [0.1, 0.15) is 6.10 Å². The standard InChI is InChI=1S/C13H16ClNO2/c1-8-2-3-9(6-11(8)14)13(16)12-5-4-10(7-15)17-12/h2-3,6,10,12H,4-5,7,15H2,1H3. The molecule has 2 rings (SSSR count). The van der Waals surface area contributed by atoms with Crippen molar-refractivity contribution in [1.29, 1.82) is 0 Å². The van der Waals surface area contributed by atoms with Crippen LogP contribution in [0.2, 0.25) is 5.02 Å². The van der Waals surface area contributed by atoms with E-state index >= 15 is 0 Å². The Morgan fingerprint density at radius 1 is 1.53 bits per heavy atom. The van der Waals surface area contributed by atoms with E-state index in [-0.39, 0.29) is 18.0 Å². The van der Waals surface area contributed by atoms with Crippen LogP contribution in [0.15, 0.2) is 18.2 Å². The lowest BCUT2D eigenvalue weighted by atomic mass is 10.0. The number of ketones is 1. The van der Waals surface area contributed by atoms with Crippen LogP contribution >= 0.6 is 11.6 Å². The second kappa shape index (κ2) is 5.17. The topological polar surface area (TPSA) is 52.3 Å². The molecular weight excluding hydrogens is 238 g/mol. The molecular formula is C13H16ClNO2. The Morgan fingerprint density at radius 3 is 2.88 bits per heavy atom. The van der Waals surface area contributed by atoms with E-state index in [2.05, 4.69) is 0 Å². The van der Waals surface area contributed by atoms with Gasteiger partial charge >= 0.3 is 0 Å². The van der Waals surface area contributed by atoms with E-state index in [4.69, 9.17) is 22.1 Å². The predicted octanol–water partition coefficient (Wildman–Crippen LogP) is 2.34. The highest BCUT2D eigenvalue weighted by Gasteiger charge is 2.30. The molecule has 17 heavy (non-hydrogen) atoms. The quantitative estimate of drug-likeness (QED) is 0.842. The van der Waals surface area contributed by atoms with Gasteiger partial charge in [-0.25, -0.2) is 0 Å². The van der Waals surface area contributed by atoms with Crippen molar-refractivity contribution in [2.45, 2.75) is 32.0 Å². The molecule has 1 aromatic carbocycles. The molecule has 2 unspecified atom stereocenters. The predicted molar refractivity (Wildman–Crippen MR) is 67.5 cm³/mol. The summed E-state index contributed by atoms with van der Waals surface area (Å²) in [5.41, 5.74) is 7.10. The average molecular weight is 254 g/mol. The van der Waals surface area contributed by atoms with Crippen LogP contribution in [-0.4, -0.2) is 24.5 Å². The van der Waals surface area contributed by atoms with Gasteiger partial charge in [-0.2, -0.15) is 0 Å². The van der Waals surface area contributed by atoms with Crippen molar-refractivity contribution in [1.82, 2.24) is 0 Å². The van der Waals surface area contributed by atoms with Gasteiger partial charge in [0, 0.05) is 17.1 Å². The third kappa shape index (κ3) is 2.68. The van der Waals surface area contributed by atoms with E-state index in [0.717, 1.165) is 18.4 Å². The molecule has 4 heteroatoms. The Balaban J connectivity index is 2.12. The van der Waals surface area contributed by atoms with Crippen LogP contribution in [0, 0.1) is 6.92 Å². The van der Waals surface area contributed by atoms with Crippen molar-refractivity contribution in [2.24, 2.45) is 5.73 Å². The number of aryl methyl sites for hydroxylation is 1. The summed E-state index contributed by atoms with van der Waals surface area (Å²) in [4.78, 5) is 12.1. The highest BCUT2D eigenvalue weighted by Crippen LogP contribution is 2.24. The number of rotatable bonds is 3. The lowest BCUT2D eigenvalue weighted by Crippen LogP contribution is -2.25. The molecule has 0 aliphatic carbocycles. The molecule has 1 aliphatic heterocycles. The number of hydrogen-bond acceptors (Lipinski definition) is 3. The lowest BCUT2D eigenvalue weighted by molar-refractivity contribution is 0.0404. The number of carbonyl (C=O) groups excluding carboxylic acids is 1. The summed E-state index contributed by atoms with van der Waals surface area (Å²) in [6, 6.07) is 5.35. The normalized spacial score (nSPS) is 23.9. The highest BCUT2D eigenvalue weighted by atomic mass is 35.5. The molecule has 2 atom stereocenters. The molecule has 1 heterocycles. The summed E-state index contributed by atoms with van der Waals surface area (Å²) >= 11 is 6.01. The first-order chi connectivity index (χ1) is 8.11. The fourth-order valence-electron chi connectivity index (χ4n) is 2.00. The zero-order chi connectivity index (χ0) is 12.4. The minimum atomic E-state index is -0.359. The molecule has 2 N–H and O–H groups in total. The molecule has 0 radical (unpaired) electrons. The van der Waals surface area contributed by atoms with Crippen LogP contribution in [0.1, 0.15) is 28.8 Å². The van der Waals surface area contributed by atoms with Crippen molar-refractivity contribution in [3.63, 3.8) is 0 Å². The van der Waals surface area contributed by atoms with E-state index in [9.17, 15) is 4.79 Å². The van der Waals surface area contributed by atoms with Gasteiger partial charge in [0.05, 0.1) is 6.10 Å². The van der Waals surface area contributed by atoms with Gasteiger partial charge in [0.25, 0.3) is 0 Å². The molecule has 1 saturated heterocycles. The maximum Gasteiger partial charge on any atom is 0.191 e. The molecule has 1 aromatic rings. The van der Waals surface area contributed by atoms with E-state index in [0.29, 0.717) is 17.1 Å². The average Bonchev–Trinajstić information content (AvgIpc) is 2.80. The lowest BCUT2D eigenvalue weighted by Gasteiger charge is -2.11. The summed E-state index contributed by atoms with van der Waals surface area (Å²) in [7, 11) is 0. The first kappa shape index (κ1) is 12.6. The maximum atomic E-state index is 12.1. The molecule has 1 aliphatic rings. The Labute approximate surface area is 106 Å². The monoisotopic (exact) mass is 253 g/mol. The van der Waals surface area contributed by atoms with Gasteiger partial charge in [-0.05, 0) is 31.4 Å². The molecule has 1 fully saturated rings. The summed E-state index contributed by atoms with van der Waals surface area (Å²) in [6.07, 6.45) is 1.26. The summed E-state index contributed by atoms with van der Waals surface area (Å²) < 4.78 is 5.58. The molecule has 3 nitrogen and oxygen atoms in total. The molecule has 0 aromatic heterocycles. The van der Waals surface area contributed by atoms with Crippen LogP contribution < -0.4 is 5.73 Å². The number of nitrogens with two attached hydrogens (primary N) is 1. The third-order valence-electron chi connectivity index (χ3n) is 3.12. The Kier molecular flexibility index (Phi) is 3.82. The Morgan fingerprint density at radius 2 is 2.29 bits per heavy atom. The number of benzene rings is 1. The SMILES string of the molecule is Cc1ccc(C(=O)C2CCC(CN)O2)cc1Cl. The van der Waals surface area contributed by atoms with Crippen LogP contribution in [0.25, 0.3) is 0 Å². The number of hydrogen-bond donors (Lipinski definition) is 1. The van der Waals surface area contributed by atoms with Gasteiger partial charge in [0.2, 0.25) is 0 Å². The van der Waals surface area contributed by atoms with Crippen LogP contribution in [0.5, 0.6) is 0 Å². The molecule has 0 spiro atoms. The Hall–Kier alpha value is -0.900. The minimum Gasteiger partial charge on any atom is -0.366 e. The van der Waals surface area contributed by atoms with Crippen molar-refractivity contribution < 1.29 is 9.53 Å². The summed E-state index contributed by atoms with van der Waals surface area (Å²) in [5.74, 6) is 0.00264. The molecule has 0 bridgehead atoms. The van der Waals surface area contributed by atoms with E-state index < -0.39 is 0 Å². The van der Waals surface area contributed by atoms with Crippen molar-refractivity contribution in [3.05, 3.63) is 34.3 Å². The van der Waals surface area contributed by atoms with Gasteiger partial charge in [-0.1, -0.05) is 23.7 Å². The molecule has 0 amide bonds. The second-order valence-electron chi connectivity index (χ2n) is 4.39. The molecule has 0 saturated carbocycles. The number of halogens is 1. The van der Waals surface area contributed by atoms with Crippen molar-refractivity contribution in [2.75, 3.05) is 6.54 Å². The van der Waals surface area contributed by atoms with Crippen molar-refractivity contribution >= 4 is 17.4 Å². The van der Waals surface area contributed by atoms with Crippen molar-refractivity contribution in [3.8, 4) is 0 Å². The van der Waals surface area contributed by atoms with Gasteiger partial charge in [-0.15, -0.1) is 0 Å². The van der Waals surface area contributed by atoms with Crippen LogP contribution in [0.4, 0.5) is 0 Å². The summed E-state index contributed by atoms with van der Waals surface area (Å²) in [6.45, 7) is 2.38. The first-order valence-corrected chi connectivity index (χ1v) is 6.15. The fourth-order valence-corrected chi connectivity index (χ4v) is 2.18. The third-order valence-corrected chi connectivity index (χ3v) is 3.53. The molecule has 92 valence electrons. The van der Waals surface area contributed by atoms with Crippen LogP contribution in [0.3, 0.4) is 0 Å². The first-order valence-electron chi connectivity index (χ1n) is 5.77. The van der Waals surface area contributed by atoms with Crippen LogP contribution in [-0.2, 0) is 4.74 Å². The fraction of sp³-hybridized carbons (Fsp3) is 0.462. The smallest absolute Gasteiger partial charge is 0.191 e. The second-order valence-corrected chi connectivity index (χ2v) is 4.80. The van der Waals surface area contributed by atoms with Gasteiger partial charge in [-0.3, -0.25) is 4.79 Å². The number of Topliss-reactive ketones (excluding diaryl/α,β-unsaturated/α-hetero) is 1. The van der Waals surface area contributed by atoms with E-state index in [1.807, 2.05) is 13.0 Å². The zero-order valence-corrected chi connectivity index (χ0v) is 10.5. The number of carbonyl (C=O) groups is 1. The van der Waals surface area contributed by atoms with Gasteiger partial charge in [0.15, 0.2) is 5.78 Å². The van der Waals surface area contributed by atoms with E-state index in [1.54, 1.807) is 12.1 Å². The Bertz CT molecular complexity index is 433. The number of ether oxygens (including phenoxy) is 1. The van der Waals surface area contributed by atoms with Gasteiger partial charge < -0.3 is 10.5 Å². The summed E-state index contributed by atoms with van der Waals surface area (Å²) in [5, 5.41) is 0.615. The van der Waals surface area contributed by atoms with E-state index in [1.165, 1.54) is 0 Å². The largest absolute Gasteiger partial charge is 0.366 e. The zero-order valence-electron chi connectivity index (χ0n) is 9.78. The minimum absolute atomic E-state index is 0.00264.